The smallest absolute Gasteiger partial charge is 0.119 e. The topological polar surface area (TPSA) is 32.7 Å². The van der Waals surface area contributed by atoms with E-state index in [0.29, 0.717) is 0 Å². The summed E-state index contributed by atoms with van der Waals surface area (Å²) >= 11 is 0. The highest BCUT2D eigenvalue weighted by atomic mass is 16.5. The van der Waals surface area contributed by atoms with E-state index in [1.165, 1.54) is 5.56 Å². The van der Waals surface area contributed by atoms with Crippen LogP contribution in [-0.2, 0) is 6.54 Å². The van der Waals surface area contributed by atoms with E-state index in [1.807, 2.05) is 12.1 Å². The van der Waals surface area contributed by atoms with Gasteiger partial charge in [0.05, 0.1) is 13.2 Å². The molecular formula is C16H27NO2. The highest BCUT2D eigenvalue weighted by Gasteiger charge is 2.11. The van der Waals surface area contributed by atoms with Gasteiger partial charge in [-0.05, 0) is 37.1 Å². The summed E-state index contributed by atoms with van der Waals surface area (Å²) in [7, 11) is 1.69. The van der Waals surface area contributed by atoms with Crippen LogP contribution in [0.1, 0.15) is 38.7 Å². The predicted molar refractivity (Wildman–Crippen MR) is 79.5 cm³/mol. The van der Waals surface area contributed by atoms with Crippen molar-refractivity contribution < 1.29 is 9.84 Å². The fourth-order valence-corrected chi connectivity index (χ4v) is 2.30. The first-order chi connectivity index (χ1) is 9.19. The van der Waals surface area contributed by atoms with Gasteiger partial charge in [0, 0.05) is 13.1 Å². The largest absolute Gasteiger partial charge is 0.497 e. The van der Waals surface area contributed by atoms with Gasteiger partial charge in [-0.1, -0.05) is 32.4 Å². The molecule has 0 bridgehead atoms. The lowest BCUT2D eigenvalue weighted by Gasteiger charge is -2.24. The molecule has 1 N–H and O–H groups in total. The lowest BCUT2D eigenvalue weighted by atomic mass is 10.1. The molecule has 0 aliphatic carbocycles. The minimum atomic E-state index is -0.220. The predicted octanol–water partition coefficient (Wildman–Crippen LogP) is 3.07. The summed E-state index contributed by atoms with van der Waals surface area (Å²) in [5.41, 5.74) is 1.23. The number of aliphatic hydroxyl groups excluding tert-OH is 1. The van der Waals surface area contributed by atoms with Gasteiger partial charge in [0.25, 0.3) is 0 Å². The van der Waals surface area contributed by atoms with Crippen molar-refractivity contribution in [3.63, 3.8) is 0 Å². The van der Waals surface area contributed by atoms with Crippen LogP contribution in [0, 0.1) is 0 Å². The van der Waals surface area contributed by atoms with Crippen molar-refractivity contribution in [2.45, 2.75) is 45.8 Å². The summed E-state index contributed by atoms with van der Waals surface area (Å²) in [6.45, 7) is 6.91. The van der Waals surface area contributed by atoms with Crippen molar-refractivity contribution in [3.8, 4) is 5.75 Å². The van der Waals surface area contributed by atoms with Gasteiger partial charge in [-0.3, -0.25) is 4.90 Å². The van der Waals surface area contributed by atoms with E-state index < -0.39 is 0 Å². The average Bonchev–Trinajstić information content (AvgIpc) is 2.39. The monoisotopic (exact) mass is 265 g/mol. The number of methoxy groups -OCH3 is 1. The second kappa shape index (κ2) is 8.94. The van der Waals surface area contributed by atoms with Gasteiger partial charge in [-0.15, -0.1) is 0 Å². The van der Waals surface area contributed by atoms with Crippen LogP contribution in [0.25, 0.3) is 0 Å². The maximum absolute atomic E-state index is 9.96. The Balaban J connectivity index is 2.60. The van der Waals surface area contributed by atoms with E-state index in [0.717, 1.165) is 44.6 Å². The zero-order valence-electron chi connectivity index (χ0n) is 12.4. The number of rotatable bonds is 9. The second-order valence-electron chi connectivity index (χ2n) is 5.03. The van der Waals surface area contributed by atoms with E-state index in [-0.39, 0.29) is 6.10 Å². The third-order valence-electron chi connectivity index (χ3n) is 3.17. The molecular weight excluding hydrogens is 238 g/mol. The molecule has 3 nitrogen and oxygen atoms in total. The summed E-state index contributed by atoms with van der Waals surface area (Å²) in [6.07, 6.45) is 2.78. The number of benzene rings is 1. The van der Waals surface area contributed by atoms with Crippen molar-refractivity contribution in [2.24, 2.45) is 0 Å². The molecule has 1 rings (SSSR count). The molecule has 0 aliphatic heterocycles. The number of hydrogen-bond donors (Lipinski definition) is 1. The molecule has 0 spiro atoms. The van der Waals surface area contributed by atoms with Crippen LogP contribution in [0.5, 0.6) is 5.75 Å². The van der Waals surface area contributed by atoms with Crippen LogP contribution >= 0.6 is 0 Å². The average molecular weight is 265 g/mol. The first-order valence-corrected chi connectivity index (χ1v) is 7.22. The van der Waals surface area contributed by atoms with Crippen molar-refractivity contribution in [3.05, 3.63) is 29.8 Å². The lowest BCUT2D eigenvalue weighted by Crippen LogP contribution is -2.32. The molecule has 1 unspecified atom stereocenters. The molecule has 1 atom stereocenters. The molecule has 0 amide bonds. The van der Waals surface area contributed by atoms with Gasteiger partial charge in [0.1, 0.15) is 5.75 Å². The van der Waals surface area contributed by atoms with Crippen LogP contribution in [0.4, 0.5) is 0 Å². The Kier molecular flexibility index (Phi) is 7.53. The van der Waals surface area contributed by atoms with Crippen LogP contribution < -0.4 is 4.74 Å². The van der Waals surface area contributed by atoms with E-state index in [4.69, 9.17) is 4.74 Å². The van der Waals surface area contributed by atoms with E-state index in [2.05, 4.69) is 30.9 Å². The Labute approximate surface area is 117 Å². The first-order valence-electron chi connectivity index (χ1n) is 7.22. The van der Waals surface area contributed by atoms with Crippen molar-refractivity contribution in [1.82, 2.24) is 4.90 Å². The summed E-state index contributed by atoms with van der Waals surface area (Å²) in [6, 6.07) is 8.15. The molecule has 0 saturated carbocycles. The molecule has 0 aliphatic rings. The van der Waals surface area contributed by atoms with Gasteiger partial charge < -0.3 is 9.84 Å². The zero-order chi connectivity index (χ0) is 14.1. The summed E-state index contributed by atoms with van der Waals surface area (Å²) in [5.74, 6) is 0.892. The molecule has 0 radical (unpaired) electrons. The molecule has 0 fully saturated rings. The van der Waals surface area contributed by atoms with Crippen LogP contribution in [-0.4, -0.2) is 36.3 Å². The number of aliphatic hydroxyl groups is 1. The van der Waals surface area contributed by atoms with Gasteiger partial charge >= 0.3 is 0 Å². The fourth-order valence-electron chi connectivity index (χ4n) is 2.30. The molecule has 0 heterocycles. The number of nitrogens with zero attached hydrogens (tertiary/aromatic N) is 1. The Morgan fingerprint density at radius 1 is 1.26 bits per heavy atom. The fraction of sp³-hybridized carbons (Fsp3) is 0.625. The van der Waals surface area contributed by atoms with Gasteiger partial charge in [0.2, 0.25) is 0 Å². The maximum Gasteiger partial charge on any atom is 0.119 e. The third kappa shape index (κ3) is 6.08. The van der Waals surface area contributed by atoms with Crippen LogP contribution in [0.2, 0.25) is 0 Å². The molecule has 1 aromatic carbocycles. The highest BCUT2D eigenvalue weighted by molar-refractivity contribution is 5.28. The van der Waals surface area contributed by atoms with Gasteiger partial charge in [0.15, 0.2) is 0 Å². The lowest BCUT2D eigenvalue weighted by molar-refractivity contribution is 0.101. The Morgan fingerprint density at radius 3 is 2.68 bits per heavy atom. The van der Waals surface area contributed by atoms with E-state index in [1.54, 1.807) is 7.11 Å². The van der Waals surface area contributed by atoms with Gasteiger partial charge in [-0.25, -0.2) is 0 Å². The van der Waals surface area contributed by atoms with E-state index >= 15 is 0 Å². The number of ether oxygens (including phenoxy) is 1. The molecule has 1 aromatic rings. The van der Waals surface area contributed by atoms with Gasteiger partial charge in [-0.2, -0.15) is 0 Å². The first kappa shape index (κ1) is 16.0. The van der Waals surface area contributed by atoms with Crippen LogP contribution in [0.15, 0.2) is 24.3 Å². The third-order valence-corrected chi connectivity index (χ3v) is 3.17. The Bertz CT molecular complexity index is 354. The minimum Gasteiger partial charge on any atom is -0.497 e. The van der Waals surface area contributed by atoms with Crippen molar-refractivity contribution in [2.75, 3.05) is 20.2 Å². The number of hydrogen-bond acceptors (Lipinski definition) is 3. The van der Waals surface area contributed by atoms with Crippen molar-refractivity contribution in [1.29, 1.82) is 0 Å². The Hall–Kier alpha value is -1.06. The standard InChI is InChI=1S/C16H27NO2/c1-4-7-15(18)13-17(10-5-2)12-14-8-6-9-16(11-14)19-3/h6,8-9,11,15,18H,4-5,7,10,12-13H2,1-3H3. The normalized spacial score (nSPS) is 12.7. The SMILES string of the molecule is CCCC(O)CN(CCC)Cc1cccc(OC)c1. The second-order valence-corrected chi connectivity index (χ2v) is 5.03. The summed E-state index contributed by atoms with van der Waals surface area (Å²) in [5, 5.41) is 9.96. The van der Waals surface area contributed by atoms with Crippen LogP contribution in [0.3, 0.4) is 0 Å². The zero-order valence-corrected chi connectivity index (χ0v) is 12.4. The maximum atomic E-state index is 9.96. The minimum absolute atomic E-state index is 0.220. The highest BCUT2D eigenvalue weighted by Crippen LogP contribution is 2.15. The molecule has 108 valence electrons. The molecule has 19 heavy (non-hydrogen) atoms. The van der Waals surface area contributed by atoms with Crippen molar-refractivity contribution >= 4 is 0 Å². The van der Waals surface area contributed by atoms with E-state index in [9.17, 15) is 5.11 Å². The quantitative estimate of drug-likeness (QED) is 0.745. The Morgan fingerprint density at radius 2 is 2.05 bits per heavy atom. The molecule has 0 aromatic heterocycles. The summed E-state index contributed by atoms with van der Waals surface area (Å²) in [4.78, 5) is 2.31. The molecule has 3 heteroatoms. The summed E-state index contributed by atoms with van der Waals surface area (Å²) < 4.78 is 5.25. The molecule has 0 saturated heterocycles.